The van der Waals surface area contributed by atoms with Crippen molar-refractivity contribution in [3.63, 3.8) is 0 Å². The second-order valence-corrected chi connectivity index (χ2v) is 8.55. The minimum atomic E-state index is -0.468. The first-order chi connectivity index (χ1) is 15.1. The van der Waals surface area contributed by atoms with E-state index in [1.807, 2.05) is 60.6 Å². The fourth-order valence-corrected chi connectivity index (χ4v) is 5.31. The maximum absolute atomic E-state index is 13.4. The van der Waals surface area contributed by atoms with Crippen LogP contribution in [0.3, 0.4) is 0 Å². The molecule has 4 rings (SSSR count). The fraction of sp³-hybridized carbons (Fsp3) is 0.500. The molecule has 2 aliphatic rings. The molecule has 2 aliphatic heterocycles. The van der Waals surface area contributed by atoms with Crippen LogP contribution in [-0.2, 0) is 20.9 Å². The molecule has 5 heteroatoms. The molecule has 5 nitrogen and oxygen atoms in total. The van der Waals surface area contributed by atoms with Gasteiger partial charge in [-0.3, -0.25) is 9.80 Å². The Morgan fingerprint density at radius 3 is 2.26 bits per heavy atom. The number of ether oxygens (including phenoxy) is 2. The summed E-state index contributed by atoms with van der Waals surface area (Å²) in [6.07, 6.45) is 3.48. The van der Waals surface area contributed by atoms with E-state index >= 15 is 0 Å². The zero-order valence-corrected chi connectivity index (χ0v) is 18.9. The summed E-state index contributed by atoms with van der Waals surface area (Å²) < 4.78 is 12.3. The van der Waals surface area contributed by atoms with Gasteiger partial charge in [-0.25, -0.2) is 5.01 Å². The minimum absolute atomic E-state index is 0.0499. The molecule has 2 aromatic rings. The van der Waals surface area contributed by atoms with Crippen molar-refractivity contribution in [2.24, 2.45) is 0 Å². The van der Waals surface area contributed by atoms with E-state index in [4.69, 9.17) is 9.47 Å². The van der Waals surface area contributed by atoms with Gasteiger partial charge in [-0.05, 0) is 36.8 Å². The SMILES string of the molecule is CCC(CC)(OC)[C@@H]1CCCN1N1C(=O)[C@@H](OCc2ccccc2)[C@H]1c1ccccc1. The van der Waals surface area contributed by atoms with Gasteiger partial charge in [-0.1, -0.05) is 74.5 Å². The largest absolute Gasteiger partial charge is 0.377 e. The number of carbonyl (C=O) groups excluding carboxylic acids is 1. The zero-order chi connectivity index (χ0) is 21.8. The first-order valence-corrected chi connectivity index (χ1v) is 11.5. The van der Waals surface area contributed by atoms with Gasteiger partial charge < -0.3 is 9.47 Å². The molecule has 166 valence electrons. The molecule has 1 amide bonds. The number of carbonyl (C=O) groups is 1. The standard InChI is InChI=1S/C26H34N2O3/c1-4-26(5-2,30-3)22-17-12-18-27(22)28-23(21-15-10-7-11-16-21)24(25(28)29)31-19-20-13-8-6-9-14-20/h6-11,13-16,22-24H,4-5,12,17-19H2,1-3H3/t22-,23+,24-/m0/s1. The van der Waals surface area contributed by atoms with Gasteiger partial charge in [0.2, 0.25) is 0 Å². The number of amides is 1. The molecule has 2 aromatic carbocycles. The normalized spacial score (nSPS) is 24.4. The van der Waals surface area contributed by atoms with Gasteiger partial charge in [0.1, 0.15) is 6.04 Å². The lowest BCUT2D eigenvalue weighted by Crippen LogP contribution is -2.69. The first kappa shape index (κ1) is 22.0. The van der Waals surface area contributed by atoms with Crippen LogP contribution in [0.1, 0.15) is 56.7 Å². The molecule has 0 bridgehead atoms. The van der Waals surface area contributed by atoms with Gasteiger partial charge in [0.15, 0.2) is 6.10 Å². The maximum Gasteiger partial charge on any atom is 0.269 e. The number of hydrazine groups is 1. The highest BCUT2D eigenvalue weighted by Gasteiger charge is 2.56. The van der Waals surface area contributed by atoms with Crippen molar-refractivity contribution in [3.05, 3.63) is 71.8 Å². The van der Waals surface area contributed by atoms with Crippen LogP contribution in [0.2, 0.25) is 0 Å². The Kier molecular flexibility index (Phi) is 6.75. The fourth-order valence-electron chi connectivity index (χ4n) is 5.31. The molecular formula is C26H34N2O3. The van der Waals surface area contributed by atoms with Gasteiger partial charge >= 0.3 is 0 Å². The highest BCUT2D eigenvalue weighted by atomic mass is 16.5. The van der Waals surface area contributed by atoms with E-state index in [9.17, 15) is 4.79 Å². The lowest BCUT2D eigenvalue weighted by molar-refractivity contribution is -0.230. The number of hydrogen-bond donors (Lipinski definition) is 0. The third-order valence-electron chi connectivity index (χ3n) is 7.14. The van der Waals surface area contributed by atoms with Crippen molar-refractivity contribution in [2.75, 3.05) is 13.7 Å². The lowest BCUT2D eigenvalue weighted by Gasteiger charge is -2.54. The number of nitrogens with zero attached hydrogens (tertiary/aromatic N) is 2. The number of rotatable bonds is 9. The number of methoxy groups -OCH3 is 1. The summed E-state index contributed by atoms with van der Waals surface area (Å²) in [4.78, 5) is 13.4. The minimum Gasteiger partial charge on any atom is -0.377 e. The Morgan fingerprint density at radius 1 is 1.00 bits per heavy atom. The molecule has 0 spiro atoms. The van der Waals surface area contributed by atoms with E-state index in [1.54, 1.807) is 0 Å². The molecule has 0 saturated carbocycles. The summed E-state index contributed by atoms with van der Waals surface area (Å²) in [5, 5.41) is 4.24. The van der Waals surface area contributed by atoms with E-state index in [0.29, 0.717) is 6.61 Å². The molecule has 0 aromatic heterocycles. The third-order valence-corrected chi connectivity index (χ3v) is 7.14. The maximum atomic E-state index is 13.4. The molecule has 2 fully saturated rings. The summed E-state index contributed by atoms with van der Waals surface area (Å²) in [5.74, 6) is 0.0499. The van der Waals surface area contributed by atoms with Crippen molar-refractivity contribution in [1.82, 2.24) is 10.0 Å². The molecule has 2 heterocycles. The molecule has 0 radical (unpaired) electrons. The Hall–Kier alpha value is -2.21. The molecule has 3 atom stereocenters. The predicted molar refractivity (Wildman–Crippen MR) is 121 cm³/mol. The Labute approximate surface area is 185 Å². The average molecular weight is 423 g/mol. The van der Waals surface area contributed by atoms with Crippen LogP contribution in [0, 0.1) is 0 Å². The van der Waals surface area contributed by atoms with E-state index in [1.165, 1.54) is 0 Å². The predicted octanol–water partition coefficient (Wildman–Crippen LogP) is 4.74. The monoisotopic (exact) mass is 422 g/mol. The van der Waals surface area contributed by atoms with Gasteiger partial charge in [0.25, 0.3) is 5.91 Å². The van der Waals surface area contributed by atoms with Crippen molar-refractivity contribution >= 4 is 5.91 Å². The topological polar surface area (TPSA) is 42.0 Å². The molecule has 0 N–H and O–H groups in total. The van der Waals surface area contributed by atoms with E-state index in [-0.39, 0.29) is 23.6 Å². The van der Waals surface area contributed by atoms with Crippen LogP contribution in [0.5, 0.6) is 0 Å². The van der Waals surface area contributed by atoms with Crippen LogP contribution in [0.25, 0.3) is 0 Å². The summed E-state index contributed by atoms with van der Waals surface area (Å²) in [5.41, 5.74) is 1.95. The van der Waals surface area contributed by atoms with Crippen LogP contribution in [0.4, 0.5) is 0 Å². The summed E-state index contributed by atoms with van der Waals surface area (Å²) in [7, 11) is 1.81. The number of hydrogen-bond acceptors (Lipinski definition) is 4. The first-order valence-electron chi connectivity index (χ1n) is 11.5. The van der Waals surface area contributed by atoms with Crippen LogP contribution in [0.15, 0.2) is 60.7 Å². The van der Waals surface area contributed by atoms with Crippen molar-refractivity contribution in [2.45, 2.75) is 69.9 Å². The Morgan fingerprint density at radius 2 is 1.65 bits per heavy atom. The number of benzene rings is 2. The highest BCUT2D eigenvalue weighted by molar-refractivity contribution is 5.88. The smallest absolute Gasteiger partial charge is 0.269 e. The van der Waals surface area contributed by atoms with Crippen molar-refractivity contribution < 1.29 is 14.3 Å². The van der Waals surface area contributed by atoms with Gasteiger partial charge in [-0.2, -0.15) is 0 Å². The molecule has 0 unspecified atom stereocenters. The molecule has 31 heavy (non-hydrogen) atoms. The van der Waals surface area contributed by atoms with E-state index in [0.717, 1.165) is 43.4 Å². The summed E-state index contributed by atoms with van der Waals surface area (Å²) in [6.45, 7) is 5.67. The van der Waals surface area contributed by atoms with Crippen LogP contribution >= 0.6 is 0 Å². The lowest BCUT2D eigenvalue weighted by atomic mass is 9.86. The summed E-state index contributed by atoms with van der Waals surface area (Å²) in [6, 6.07) is 20.4. The quantitative estimate of drug-likeness (QED) is 0.548. The Balaban J connectivity index is 1.59. The molecule has 0 aliphatic carbocycles. The van der Waals surface area contributed by atoms with E-state index in [2.05, 4.69) is 31.0 Å². The second-order valence-electron chi connectivity index (χ2n) is 8.55. The van der Waals surface area contributed by atoms with Gasteiger partial charge in [0, 0.05) is 13.7 Å². The second kappa shape index (κ2) is 9.51. The Bertz CT molecular complexity index is 845. The van der Waals surface area contributed by atoms with Crippen molar-refractivity contribution in [1.29, 1.82) is 0 Å². The molecule has 2 saturated heterocycles. The van der Waals surface area contributed by atoms with Gasteiger partial charge in [-0.15, -0.1) is 0 Å². The number of β-lactam (4-membered cyclic amide) rings is 1. The zero-order valence-electron chi connectivity index (χ0n) is 18.9. The van der Waals surface area contributed by atoms with Crippen molar-refractivity contribution in [3.8, 4) is 0 Å². The highest BCUT2D eigenvalue weighted by Crippen LogP contribution is 2.44. The summed E-state index contributed by atoms with van der Waals surface area (Å²) >= 11 is 0. The average Bonchev–Trinajstić information content (AvgIpc) is 3.30. The van der Waals surface area contributed by atoms with Gasteiger partial charge in [0.05, 0.1) is 18.2 Å². The van der Waals surface area contributed by atoms with Crippen LogP contribution in [-0.4, -0.2) is 47.3 Å². The van der Waals surface area contributed by atoms with Crippen LogP contribution < -0.4 is 0 Å². The van der Waals surface area contributed by atoms with E-state index < -0.39 is 6.10 Å². The third kappa shape index (κ3) is 4.02. The molecular weight excluding hydrogens is 388 g/mol.